The smallest absolute Gasteiger partial charge is 0.239 e. The molecule has 94 valence electrons. The van der Waals surface area contributed by atoms with Gasteiger partial charge >= 0.3 is 0 Å². The van der Waals surface area contributed by atoms with Gasteiger partial charge in [-0.15, -0.1) is 0 Å². The standard InChI is InChI=1S/C12H18BrN3O/c1-4-14-12(17)8-16(5-2)11-6-9(3)10(13)7-15-11/h6-7H,4-5,8H2,1-3H3,(H,14,17). The molecule has 1 N–H and O–H groups in total. The van der Waals surface area contributed by atoms with Crippen molar-refractivity contribution >= 4 is 27.7 Å². The first-order valence-corrected chi connectivity index (χ1v) is 6.51. The van der Waals surface area contributed by atoms with E-state index in [1.807, 2.05) is 31.7 Å². The van der Waals surface area contributed by atoms with E-state index in [0.717, 1.165) is 22.4 Å². The topological polar surface area (TPSA) is 45.2 Å². The second kappa shape index (κ2) is 6.59. The molecule has 0 fully saturated rings. The molecule has 0 aliphatic rings. The van der Waals surface area contributed by atoms with E-state index in [0.29, 0.717) is 13.1 Å². The minimum absolute atomic E-state index is 0.0247. The highest BCUT2D eigenvalue weighted by Crippen LogP contribution is 2.19. The lowest BCUT2D eigenvalue weighted by molar-refractivity contribution is -0.119. The van der Waals surface area contributed by atoms with Crippen LogP contribution in [0.1, 0.15) is 19.4 Å². The second-order valence-electron chi connectivity index (χ2n) is 3.76. The van der Waals surface area contributed by atoms with Gasteiger partial charge in [-0.05, 0) is 48.3 Å². The van der Waals surface area contributed by atoms with Crippen LogP contribution in [0, 0.1) is 6.92 Å². The molecule has 1 aromatic rings. The van der Waals surface area contributed by atoms with E-state index < -0.39 is 0 Å². The van der Waals surface area contributed by atoms with Gasteiger partial charge in [0.25, 0.3) is 0 Å². The van der Waals surface area contributed by atoms with Crippen LogP contribution in [0.15, 0.2) is 16.7 Å². The zero-order valence-electron chi connectivity index (χ0n) is 10.5. The highest BCUT2D eigenvalue weighted by molar-refractivity contribution is 9.10. The van der Waals surface area contributed by atoms with Gasteiger partial charge in [0, 0.05) is 23.8 Å². The second-order valence-corrected chi connectivity index (χ2v) is 4.61. The van der Waals surface area contributed by atoms with Crippen LogP contribution in [-0.4, -0.2) is 30.5 Å². The average molecular weight is 300 g/mol. The van der Waals surface area contributed by atoms with Gasteiger partial charge in [0.05, 0.1) is 6.54 Å². The molecule has 1 amide bonds. The van der Waals surface area contributed by atoms with Crippen LogP contribution >= 0.6 is 15.9 Å². The molecule has 1 heterocycles. The quantitative estimate of drug-likeness (QED) is 0.906. The molecule has 1 aromatic heterocycles. The summed E-state index contributed by atoms with van der Waals surface area (Å²) in [4.78, 5) is 17.8. The van der Waals surface area contributed by atoms with E-state index in [9.17, 15) is 4.79 Å². The summed E-state index contributed by atoms with van der Waals surface area (Å²) in [6.45, 7) is 7.69. The number of aryl methyl sites for hydroxylation is 1. The Morgan fingerprint density at radius 1 is 1.53 bits per heavy atom. The Kier molecular flexibility index (Phi) is 5.41. The molecule has 0 saturated heterocycles. The minimum Gasteiger partial charge on any atom is -0.355 e. The van der Waals surface area contributed by atoms with Crippen molar-refractivity contribution in [3.05, 3.63) is 22.3 Å². The monoisotopic (exact) mass is 299 g/mol. The number of aromatic nitrogens is 1. The van der Waals surface area contributed by atoms with Crippen molar-refractivity contribution in [2.75, 3.05) is 24.5 Å². The van der Waals surface area contributed by atoms with Crippen molar-refractivity contribution in [3.63, 3.8) is 0 Å². The summed E-state index contributed by atoms with van der Waals surface area (Å²) in [6.07, 6.45) is 1.77. The van der Waals surface area contributed by atoms with Gasteiger partial charge in [-0.3, -0.25) is 4.79 Å². The molecule has 0 radical (unpaired) electrons. The Hall–Kier alpha value is -1.10. The number of hydrogen-bond donors (Lipinski definition) is 1. The zero-order valence-corrected chi connectivity index (χ0v) is 12.0. The third kappa shape index (κ3) is 4.00. The number of rotatable bonds is 5. The average Bonchev–Trinajstić information content (AvgIpc) is 2.30. The Morgan fingerprint density at radius 2 is 2.24 bits per heavy atom. The zero-order chi connectivity index (χ0) is 12.8. The van der Waals surface area contributed by atoms with Crippen LogP contribution in [0.5, 0.6) is 0 Å². The fourth-order valence-corrected chi connectivity index (χ4v) is 1.70. The molecule has 0 unspecified atom stereocenters. The first kappa shape index (κ1) is 14.0. The normalized spacial score (nSPS) is 10.1. The first-order chi connectivity index (χ1) is 8.08. The van der Waals surface area contributed by atoms with Crippen LogP contribution in [0.2, 0.25) is 0 Å². The van der Waals surface area contributed by atoms with E-state index in [4.69, 9.17) is 0 Å². The lowest BCUT2D eigenvalue weighted by Crippen LogP contribution is -2.37. The first-order valence-electron chi connectivity index (χ1n) is 5.72. The lowest BCUT2D eigenvalue weighted by atomic mass is 10.3. The SMILES string of the molecule is CCNC(=O)CN(CC)c1cc(C)c(Br)cn1. The molecule has 5 heteroatoms. The van der Waals surface area contributed by atoms with Crippen LogP contribution in [0.4, 0.5) is 5.82 Å². The molecule has 0 atom stereocenters. The molecule has 0 bridgehead atoms. The van der Waals surface area contributed by atoms with Gasteiger partial charge in [0.2, 0.25) is 5.91 Å². The highest BCUT2D eigenvalue weighted by Gasteiger charge is 2.11. The number of nitrogens with zero attached hydrogens (tertiary/aromatic N) is 2. The van der Waals surface area contributed by atoms with Gasteiger partial charge in [0.1, 0.15) is 5.82 Å². The third-order valence-corrected chi connectivity index (χ3v) is 3.28. The van der Waals surface area contributed by atoms with Crippen LogP contribution in [0.25, 0.3) is 0 Å². The largest absolute Gasteiger partial charge is 0.355 e. The summed E-state index contributed by atoms with van der Waals surface area (Å²) < 4.78 is 0.982. The molecule has 0 aliphatic heterocycles. The van der Waals surface area contributed by atoms with Crippen molar-refractivity contribution in [1.82, 2.24) is 10.3 Å². The Balaban J connectivity index is 2.79. The van der Waals surface area contributed by atoms with Gasteiger partial charge in [0.15, 0.2) is 0 Å². The predicted octanol–water partition coefficient (Wildman–Crippen LogP) is 2.11. The van der Waals surface area contributed by atoms with Crippen molar-refractivity contribution < 1.29 is 4.79 Å². The van der Waals surface area contributed by atoms with E-state index >= 15 is 0 Å². The predicted molar refractivity (Wildman–Crippen MR) is 73.2 cm³/mol. The fraction of sp³-hybridized carbons (Fsp3) is 0.500. The van der Waals surface area contributed by atoms with E-state index in [1.165, 1.54) is 0 Å². The molecule has 0 spiro atoms. The minimum atomic E-state index is 0.0247. The molecule has 17 heavy (non-hydrogen) atoms. The number of anilines is 1. The Labute approximate surface area is 111 Å². The number of pyridine rings is 1. The number of carbonyl (C=O) groups is 1. The van der Waals surface area contributed by atoms with Crippen molar-refractivity contribution in [1.29, 1.82) is 0 Å². The summed E-state index contributed by atoms with van der Waals surface area (Å²) in [6, 6.07) is 1.98. The number of nitrogens with one attached hydrogen (secondary N) is 1. The maximum atomic E-state index is 11.5. The maximum absolute atomic E-state index is 11.5. The number of carbonyl (C=O) groups excluding carboxylic acids is 1. The fourth-order valence-electron chi connectivity index (χ4n) is 1.48. The van der Waals surface area contributed by atoms with Crippen LogP contribution < -0.4 is 10.2 Å². The van der Waals surface area contributed by atoms with Crippen LogP contribution in [-0.2, 0) is 4.79 Å². The van der Waals surface area contributed by atoms with E-state index in [2.05, 4.69) is 26.2 Å². The molecule has 0 aromatic carbocycles. The van der Waals surface area contributed by atoms with Gasteiger partial charge < -0.3 is 10.2 Å². The third-order valence-electron chi connectivity index (χ3n) is 2.45. The summed E-state index contributed by atoms with van der Waals surface area (Å²) in [5, 5.41) is 2.79. The number of halogens is 1. The number of likely N-dealkylation sites (N-methyl/N-ethyl adjacent to an activating group) is 2. The van der Waals surface area contributed by atoms with E-state index in [-0.39, 0.29) is 5.91 Å². The summed E-state index contributed by atoms with van der Waals surface area (Å²) in [5.41, 5.74) is 1.12. The summed E-state index contributed by atoms with van der Waals surface area (Å²) in [5.74, 6) is 0.858. The van der Waals surface area contributed by atoms with E-state index in [1.54, 1.807) is 6.20 Å². The molecule has 1 rings (SSSR count). The summed E-state index contributed by atoms with van der Waals surface area (Å²) >= 11 is 3.42. The van der Waals surface area contributed by atoms with Gasteiger partial charge in [-0.2, -0.15) is 0 Å². The number of amides is 1. The highest BCUT2D eigenvalue weighted by atomic mass is 79.9. The van der Waals surface area contributed by atoms with Gasteiger partial charge in [-0.25, -0.2) is 4.98 Å². The van der Waals surface area contributed by atoms with Crippen LogP contribution in [0.3, 0.4) is 0 Å². The summed E-state index contributed by atoms with van der Waals surface area (Å²) in [7, 11) is 0. The molecular formula is C12H18BrN3O. The molecule has 0 aliphatic carbocycles. The Bertz CT molecular complexity index is 395. The molecular weight excluding hydrogens is 282 g/mol. The van der Waals surface area contributed by atoms with Crippen molar-refractivity contribution in [3.8, 4) is 0 Å². The molecule has 4 nitrogen and oxygen atoms in total. The number of hydrogen-bond acceptors (Lipinski definition) is 3. The van der Waals surface area contributed by atoms with Crippen molar-refractivity contribution in [2.45, 2.75) is 20.8 Å². The lowest BCUT2D eigenvalue weighted by Gasteiger charge is -2.21. The van der Waals surface area contributed by atoms with Crippen molar-refractivity contribution in [2.24, 2.45) is 0 Å². The van der Waals surface area contributed by atoms with Gasteiger partial charge in [-0.1, -0.05) is 0 Å². The Morgan fingerprint density at radius 3 is 2.76 bits per heavy atom. The maximum Gasteiger partial charge on any atom is 0.239 e. The molecule has 0 saturated carbocycles.